The van der Waals surface area contributed by atoms with Crippen LogP contribution in [0.15, 0.2) is 30.6 Å². The summed E-state index contributed by atoms with van der Waals surface area (Å²) in [7, 11) is 0. The molecule has 1 heterocycles. The number of rotatable bonds is 2. The molecule has 16 heavy (non-hydrogen) atoms. The van der Waals surface area contributed by atoms with Gasteiger partial charge in [0.15, 0.2) is 0 Å². The van der Waals surface area contributed by atoms with Gasteiger partial charge in [-0.25, -0.2) is 14.4 Å². The Balaban J connectivity index is 2.60. The Kier molecular flexibility index (Phi) is 3.15. The van der Waals surface area contributed by atoms with Crippen LogP contribution in [0.4, 0.5) is 4.39 Å². The van der Waals surface area contributed by atoms with E-state index in [1.807, 2.05) is 6.92 Å². The molecule has 2 rings (SSSR count). The van der Waals surface area contributed by atoms with Crippen molar-refractivity contribution in [1.29, 1.82) is 0 Å². The fourth-order valence-corrected chi connectivity index (χ4v) is 1.86. The van der Waals surface area contributed by atoms with Gasteiger partial charge < -0.3 is 0 Å². The van der Waals surface area contributed by atoms with Gasteiger partial charge in [0.25, 0.3) is 0 Å². The van der Waals surface area contributed by atoms with E-state index in [1.54, 1.807) is 12.1 Å². The van der Waals surface area contributed by atoms with E-state index < -0.39 is 0 Å². The van der Waals surface area contributed by atoms with Gasteiger partial charge in [0.05, 0.1) is 5.69 Å². The second-order valence-corrected chi connectivity index (χ2v) is 3.71. The van der Waals surface area contributed by atoms with Gasteiger partial charge in [-0.1, -0.05) is 30.7 Å². The highest BCUT2D eigenvalue weighted by atomic mass is 35.5. The van der Waals surface area contributed by atoms with E-state index >= 15 is 0 Å². The van der Waals surface area contributed by atoms with Crippen molar-refractivity contribution >= 4 is 11.6 Å². The van der Waals surface area contributed by atoms with Crippen molar-refractivity contribution in [3.8, 4) is 11.3 Å². The molecule has 0 bridgehead atoms. The highest BCUT2D eigenvalue weighted by Gasteiger charge is 2.10. The molecule has 82 valence electrons. The highest BCUT2D eigenvalue weighted by Crippen LogP contribution is 2.26. The summed E-state index contributed by atoms with van der Waals surface area (Å²) in [6.45, 7) is 1.97. The van der Waals surface area contributed by atoms with Crippen molar-refractivity contribution in [3.63, 3.8) is 0 Å². The third-order valence-corrected chi connectivity index (χ3v) is 2.67. The standard InChI is InChI=1S/C12H10ClFN2/c1-2-10-11(15-7-16-12(10)13)8-4-3-5-9(14)6-8/h3-7H,2H2,1H3. The van der Waals surface area contributed by atoms with Crippen molar-refractivity contribution in [3.05, 3.63) is 47.1 Å². The van der Waals surface area contributed by atoms with E-state index in [1.165, 1.54) is 18.5 Å². The molecule has 0 aliphatic heterocycles. The van der Waals surface area contributed by atoms with Crippen molar-refractivity contribution in [2.75, 3.05) is 0 Å². The van der Waals surface area contributed by atoms with E-state index in [2.05, 4.69) is 9.97 Å². The minimum Gasteiger partial charge on any atom is -0.236 e. The second-order valence-electron chi connectivity index (χ2n) is 3.36. The van der Waals surface area contributed by atoms with Gasteiger partial charge in [-0.2, -0.15) is 0 Å². The second kappa shape index (κ2) is 4.58. The predicted molar refractivity (Wildman–Crippen MR) is 61.8 cm³/mol. The Hall–Kier alpha value is -1.48. The SMILES string of the molecule is CCc1c(Cl)ncnc1-c1cccc(F)c1. The molecule has 0 unspecified atom stereocenters. The molecule has 2 aromatic rings. The maximum Gasteiger partial charge on any atom is 0.136 e. The summed E-state index contributed by atoms with van der Waals surface area (Å²) >= 11 is 5.97. The van der Waals surface area contributed by atoms with Gasteiger partial charge in [-0.05, 0) is 18.6 Å². The molecule has 2 nitrogen and oxygen atoms in total. The largest absolute Gasteiger partial charge is 0.236 e. The van der Waals surface area contributed by atoms with Gasteiger partial charge in [0.2, 0.25) is 0 Å². The Morgan fingerprint density at radius 3 is 2.81 bits per heavy atom. The molecule has 0 aliphatic carbocycles. The maximum atomic E-state index is 13.1. The lowest BCUT2D eigenvalue weighted by Gasteiger charge is -2.07. The number of aromatic nitrogens is 2. The van der Waals surface area contributed by atoms with Crippen LogP contribution >= 0.6 is 11.6 Å². The van der Waals surface area contributed by atoms with Crippen LogP contribution in [0.25, 0.3) is 11.3 Å². The highest BCUT2D eigenvalue weighted by molar-refractivity contribution is 6.30. The minimum atomic E-state index is -0.283. The zero-order chi connectivity index (χ0) is 11.5. The Morgan fingerprint density at radius 2 is 2.12 bits per heavy atom. The molecule has 1 aromatic heterocycles. The van der Waals surface area contributed by atoms with Crippen molar-refractivity contribution < 1.29 is 4.39 Å². The summed E-state index contributed by atoms with van der Waals surface area (Å²) in [4.78, 5) is 8.08. The molecular weight excluding hydrogens is 227 g/mol. The fraction of sp³-hybridized carbons (Fsp3) is 0.167. The molecule has 0 N–H and O–H groups in total. The van der Waals surface area contributed by atoms with Crippen LogP contribution < -0.4 is 0 Å². The van der Waals surface area contributed by atoms with E-state index in [0.717, 1.165) is 11.1 Å². The number of hydrogen-bond acceptors (Lipinski definition) is 2. The van der Waals surface area contributed by atoms with Gasteiger partial charge in [-0.3, -0.25) is 0 Å². The first-order valence-corrected chi connectivity index (χ1v) is 5.35. The summed E-state index contributed by atoms with van der Waals surface area (Å²) < 4.78 is 13.1. The molecule has 0 radical (unpaired) electrons. The smallest absolute Gasteiger partial charge is 0.136 e. The number of benzene rings is 1. The first-order valence-electron chi connectivity index (χ1n) is 4.97. The minimum absolute atomic E-state index is 0.283. The average molecular weight is 237 g/mol. The summed E-state index contributed by atoms with van der Waals surface area (Å²) in [5.74, 6) is -0.283. The van der Waals surface area contributed by atoms with Crippen LogP contribution in [0.1, 0.15) is 12.5 Å². The fourth-order valence-electron chi connectivity index (χ4n) is 1.59. The molecular formula is C12H10ClFN2. The van der Waals surface area contributed by atoms with Crippen LogP contribution in [0.5, 0.6) is 0 Å². The first-order chi connectivity index (χ1) is 7.72. The molecule has 4 heteroatoms. The quantitative estimate of drug-likeness (QED) is 0.746. The van der Waals surface area contributed by atoms with E-state index in [4.69, 9.17) is 11.6 Å². The molecule has 0 saturated heterocycles. The zero-order valence-electron chi connectivity index (χ0n) is 8.74. The Morgan fingerprint density at radius 1 is 1.31 bits per heavy atom. The lowest BCUT2D eigenvalue weighted by molar-refractivity contribution is 0.628. The zero-order valence-corrected chi connectivity index (χ0v) is 9.50. The van der Waals surface area contributed by atoms with Crippen LogP contribution in [-0.2, 0) is 6.42 Å². The summed E-state index contributed by atoms with van der Waals surface area (Å²) in [6, 6.07) is 6.30. The molecule has 0 spiro atoms. The predicted octanol–water partition coefficient (Wildman–Crippen LogP) is 3.50. The molecule has 0 fully saturated rings. The molecule has 0 atom stereocenters. The van der Waals surface area contributed by atoms with Crippen molar-refractivity contribution in [1.82, 2.24) is 9.97 Å². The summed E-state index contributed by atoms with van der Waals surface area (Å²) in [5.41, 5.74) is 2.26. The number of nitrogens with zero attached hydrogens (tertiary/aromatic N) is 2. The van der Waals surface area contributed by atoms with Crippen LogP contribution in [0.2, 0.25) is 5.15 Å². The lowest BCUT2D eigenvalue weighted by atomic mass is 10.1. The van der Waals surface area contributed by atoms with E-state index in [-0.39, 0.29) is 5.82 Å². The van der Waals surface area contributed by atoms with Crippen molar-refractivity contribution in [2.24, 2.45) is 0 Å². The van der Waals surface area contributed by atoms with Gasteiger partial charge in [0, 0.05) is 11.1 Å². The topological polar surface area (TPSA) is 25.8 Å². The van der Waals surface area contributed by atoms with Gasteiger partial charge >= 0.3 is 0 Å². The lowest BCUT2D eigenvalue weighted by Crippen LogP contribution is -1.95. The van der Waals surface area contributed by atoms with Crippen LogP contribution in [-0.4, -0.2) is 9.97 Å². The van der Waals surface area contributed by atoms with Crippen LogP contribution in [0.3, 0.4) is 0 Å². The third-order valence-electron chi connectivity index (χ3n) is 2.34. The van der Waals surface area contributed by atoms with Crippen LogP contribution in [0, 0.1) is 5.82 Å². The molecule has 1 aromatic carbocycles. The Bertz CT molecular complexity index is 514. The first kappa shape index (κ1) is 11.0. The van der Waals surface area contributed by atoms with E-state index in [0.29, 0.717) is 17.3 Å². The summed E-state index contributed by atoms with van der Waals surface area (Å²) in [5, 5.41) is 0.428. The molecule has 0 amide bonds. The van der Waals surface area contributed by atoms with Crippen molar-refractivity contribution in [2.45, 2.75) is 13.3 Å². The Labute approximate surface area is 98.1 Å². The molecule has 0 aliphatic rings. The summed E-state index contributed by atoms with van der Waals surface area (Å²) in [6.07, 6.45) is 2.10. The maximum absolute atomic E-state index is 13.1. The monoisotopic (exact) mass is 236 g/mol. The normalized spacial score (nSPS) is 10.4. The van der Waals surface area contributed by atoms with E-state index in [9.17, 15) is 4.39 Å². The molecule has 0 saturated carbocycles. The number of hydrogen-bond donors (Lipinski definition) is 0. The average Bonchev–Trinajstić information content (AvgIpc) is 2.28. The van der Waals surface area contributed by atoms with Gasteiger partial charge in [0.1, 0.15) is 17.3 Å². The number of halogens is 2. The third kappa shape index (κ3) is 2.04. The van der Waals surface area contributed by atoms with Gasteiger partial charge in [-0.15, -0.1) is 0 Å².